The van der Waals surface area contributed by atoms with Crippen molar-refractivity contribution in [3.63, 3.8) is 0 Å². The summed E-state index contributed by atoms with van der Waals surface area (Å²) in [6, 6.07) is 4.89. The standard InChI is InChI=1S/C7H4F3.ClH.Mg/c8-7(9,10)6-4-2-1-3-5-6;;/h1-2,4-5H;1H;/q-1;;+2/p-1/i5D;;. The molecule has 1 aromatic carbocycles. The Hall–Kier alpha value is 0.0662. The summed E-state index contributed by atoms with van der Waals surface area (Å²) in [4.78, 5) is 0. The van der Waals surface area contributed by atoms with Crippen LogP contribution in [0.4, 0.5) is 13.2 Å². The molecule has 0 atom stereocenters. The normalized spacial score (nSPS) is 10.8. The molecule has 0 aliphatic heterocycles. The second kappa shape index (κ2) is 5.67. The number of hydrogen-bond donors (Lipinski definition) is 0. The van der Waals surface area contributed by atoms with E-state index in [1.54, 1.807) is 0 Å². The second-order valence-electron chi connectivity index (χ2n) is 1.71. The Morgan fingerprint density at radius 2 is 2.00 bits per heavy atom. The van der Waals surface area contributed by atoms with Crippen LogP contribution in [0.1, 0.15) is 6.93 Å². The minimum Gasteiger partial charge on any atom is -1.00 e. The molecule has 0 aliphatic rings. The van der Waals surface area contributed by atoms with Gasteiger partial charge in [0.05, 0.1) is 0 Å². The molecular weight excluding hydrogens is 201 g/mol. The molecule has 0 aromatic heterocycles. The molecule has 0 aliphatic carbocycles. The molecule has 1 aromatic rings. The van der Waals surface area contributed by atoms with Gasteiger partial charge in [0.15, 0.2) is 0 Å². The number of alkyl halides is 3. The van der Waals surface area contributed by atoms with Crippen molar-refractivity contribution in [2.24, 2.45) is 0 Å². The summed E-state index contributed by atoms with van der Waals surface area (Å²) in [5, 5.41) is 0. The molecule has 0 saturated heterocycles. The molecule has 0 fully saturated rings. The molecule has 0 saturated carbocycles. The molecule has 0 heterocycles. The summed E-state index contributed by atoms with van der Waals surface area (Å²) in [7, 11) is 0. The molecule has 0 bridgehead atoms. The van der Waals surface area contributed by atoms with E-state index in [1.165, 1.54) is 12.1 Å². The number of halogens is 4. The summed E-state index contributed by atoms with van der Waals surface area (Å²) in [5.41, 5.74) is -0.944. The van der Waals surface area contributed by atoms with Crippen molar-refractivity contribution in [2.45, 2.75) is 6.18 Å². The van der Waals surface area contributed by atoms with E-state index in [9.17, 15) is 13.2 Å². The molecule has 0 amide bonds. The van der Waals surface area contributed by atoms with Gasteiger partial charge in [-0.15, -0.1) is 0 Å². The van der Waals surface area contributed by atoms with Gasteiger partial charge in [-0.05, 0) is 0 Å². The molecule has 12 heavy (non-hydrogen) atoms. The van der Waals surface area contributed by atoms with Crippen molar-refractivity contribution in [3.05, 3.63) is 35.9 Å². The van der Waals surface area contributed by atoms with Crippen LogP contribution in [0.3, 0.4) is 0 Å². The Morgan fingerprint density at radius 3 is 2.33 bits per heavy atom. The average Bonchev–Trinajstić information content (AvgIpc) is 1.86. The predicted octanol–water partition coefficient (Wildman–Crippen LogP) is -0.871. The van der Waals surface area contributed by atoms with Gasteiger partial charge in [-0.3, -0.25) is 0 Å². The SMILES string of the molecule is [2H]c1[c-]cccc1C(F)(F)F.[Cl-].[Mg+2]. The second-order valence-corrected chi connectivity index (χ2v) is 1.71. The van der Waals surface area contributed by atoms with Gasteiger partial charge in [-0.1, -0.05) is 5.56 Å². The molecular formula is C7H4ClF3Mg. The molecule has 1 rings (SSSR count). The molecule has 5 heteroatoms. The van der Waals surface area contributed by atoms with Crippen LogP contribution in [0, 0.1) is 6.07 Å². The zero-order valence-corrected chi connectivity index (χ0v) is 8.12. The first-order valence-corrected chi connectivity index (χ1v) is 2.56. The maximum Gasteiger partial charge on any atom is 2.00 e. The Morgan fingerprint density at radius 1 is 1.42 bits per heavy atom. The van der Waals surface area contributed by atoms with E-state index in [0.29, 0.717) is 0 Å². The van der Waals surface area contributed by atoms with Crippen molar-refractivity contribution in [1.82, 2.24) is 0 Å². The minimum absolute atomic E-state index is 0. The molecule has 0 spiro atoms. The predicted molar refractivity (Wildman–Crippen MR) is 36.0 cm³/mol. The number of benzene rings is 1. The summed E-state index contributed by atoms with van der Waals surface area (Å²) < 4.78 is 42.6. The van der Waals surface area contributed by atoms with Crippen LogP contribution in [0.2, 0.25) is 0 Å². The van der Waals surface area contributed by atoms with E-state index >= 15 is 0 Å². The average molecular weight is 206 g/mol. The number of hydrogen-bond acceptors (Lipinski definition) is 0. The zero-order valence-electron chi connectivity index (χ0n) is 6.95. The molecule has 0 radical (unpaired) electrons. The fourth-order valence-electron chi connectivity index (χ4n) is 0.519. The van der Waals surface area contributed by atoms with Crippen molar-refractivity contribution < 1.29 is 26.9 Å². The monoisotopic (exact) mass is 205 g/mol. The molecule has 0 unspecified atom stereocenters. The fourth-order valence-corrected chi connectivity index (χ4v) is 0.519. The minimum atomic E-state index is -4.44. The van der Waals surface area contributed by atoms with E-state index in [1.807, 2.05) is 0 Å². The van der Waals surface area contributed by atoms with E-state index < -0.39 is 17.8 Å². The van der Waals surface area contributed by atoms with Crippen molar-refractivity contribution >= 4 is 23.1 Å². The summed E-state index contributed by atoms with van der Waals surface area (Å²) in [6.45, 7) is 0. The fraction of sp³-hybridized carbons (Fsp3) is 0.143. The topological polar surface area (TPSA) is 0 Å². The first-order chi connectivity index (χ1) is 5.02. The van der Waals surface area contributed by atoms with Gasteiger partial charge in [0.25, 0.3) is 0 Å². The van der Waals surface area contributed by atoms with Gasteiger partial charge in [-0.2, -0.15) is 43.5 Å². The van der Waals surface area contributed by atoms with E-state index in [4.69, 9.17) is 1.37 Å². The summed E-state index contributed by atoms with van der Waals surface area (Å²) in [5.74, 6) is 0. The van der Waals surface area contributed by atoms with Gasteiger partial charge in [0.2, 0.25) is 0 Å². The van der Waals surface area contributed by atoms with Crippen LogP contribution in [-0.4, -0.2) is 23.1 Å². The van der Waals surface area contributed by atoms with Gasteiger partial charge < -0.3 is 12.4 Å². The van der Waals surface area contributed by atoms with Crippen molar-refractivity contribution in [3.8, 4) is 0 Å². The van der Waals surface area contributed by atoms with E-state index in [0.717, 1.165) is 6.07 Å². The van der Waals surface area contributed by atoms with Crippen LogP contribution in [-0.2, 0) is 6.18 Å². The largest absolute Gasteiger partial charge is 2.00 e. The maximum atomic E-state index is 11.9. The Bertz CT molecular complexity index is 264. The van der Waals surface area contributed by atoms with Crippen molar-refractivity contribution in [2.75, 3.05) is 0 Å². The van der Waals surface area contributed by atoms with Gasteiger partial charge in [-0.25, -0.2) is 0 Å². The van der Waals surface area contributed by atoms with Crippen LogP contribution in [0.5, 0.6) is 0 Å². The first kappa shape index (κ1) is 12.1. The Kier molecular flexibility index (Phi) is 5.70. The zero-order chi connectivity index (χ0) is 8.48. The Balaban J connectivity index is 0. The Labute approximate surface area is 92.1 Å². The van der Waals surface area contributed by atoms with Crippen LogP contribution in [0.25, 0.3) is 0 Å². The van der Waals surface area contributed by atoms with E-state index in [-0.39, 0.29) is 35.5 Å². The summed E-state index contributed by atoms with van der Waals surface area (Å²) >= 11 is 0. The van der Waals surface area contributed by atoms with Crippen LogP contribution >= 0.6 is 0 Å². The third-order valence-corrected chi connectivity index (χ3v) is 0.955. The molecule has 0 N–H and O–H groups in total. The van der Waals surface area contributed by atoms with Gasteiger partial charge in [0, 0.05) is 1.37 Å². The third-order valence-electron chi connectivity index (χ3n) is 0.955. The quantitative estimate of drug-likeness (QED) is 0.382. The third kappa shape index (κ3) is 4.18. The maximum absolute atomic E-state index is 11.9. The van der Waals surface area contributed by atoms with Gasteiger partial charge in [0.1, 0.15) is 0 Å². The first-order valence-electron chi connectivity index (χ1n) is 3.06. The van der Waals surface area contributed by atoms with Crippen LogP contribution in [0.15, 0.2) is 24.2 Å². The smallest absolute Gasteiger partial charge is 1.00 e. The van der Waals surface area contributed by atoms with E-state index in [2.05, 4.69) is 6.07 Å². The van der Waals surface area contributed by atoms with Crippen molar-refractivity contribution in [1.29, 1.82) is 0 Å². The summed E-state index contributed by atoms with van der Waals surface area (Å²) in [6.07, 6.45) is -4.44. The number of rotatable bonds is 0. The molecule has 62 valence electrons. The van der Waals surface area contributed by atoms with Gasteiger partial charge >= 0.3 is 29.2 Å². The molecule has 0 nitrogen and oxygen atoms in total. The van der Waals surface area contributed by atoms with Crippen LogP contribution < -0.4 is 12.4 Å².